The van der Waals surface area contributed by atoms with Crippen molar-refractivity contribution >= 4 is 97.0 Å². The van der Waals surface area contributed by atoms with Crippen molar-refractivity contribution in [2.45, 2.75) is 46.5 Å². The second-order valence-corrected chi connectivity index (χ2v) is 29.7. The Kier molecular flexibility index (Phi) is 18.2. The van der Waals surface area contributed by atoms with Gasteiger partial charge in [0.25, 0.3) is 30.1 Å². The fourth-order valence-corrected chi connectivity index (χ4v) is 16.7. The van der Waals surface area contributed by atoms with Crippen LogP contribution in [0.15, 0.2) is 167 Å². The van der Waals surface area contributed by atoms with Crippen LogP contribution >= 0.6 is 0 Å². The highest BCUT2D eigenvalue weighted by Crippen LogP contribution is 2.40. The van der Waals surface area contributed by atoms with E-state index in [1.165, 1.54) is 44.2 Å². The molecule has 1 N–H and O–H groups in total. The molecular weight excluding hydrogens is 1270 g/mol. The van der Waals surface area contributed by atoms with Crippen LogP contribution < -0.4 is 15.1 Å². The number of alkyl halides is 3. The summed E-state index contributed by atoms with van der Waals surface area (Å²) in [6.07, 6.45) is 14.4. The average Bonchev–Trinajstić information content (AvgIpc) is 1.60. The van der Waals surface area contributed by atoms with E-state index in [-0.39, 0.29) is 20.7 Å². The molecule has 0 saturated carbocycles. The number of morpholine rings is 2. The van der Waals surface area contributed by atoms with Crippen molar-refractivity contribution in [2.24, 2.45) is 0 Å². The van der Waals surface area contributed by atoms with Crippen LogP contribution in [-0.2, 0) is 52.1 Å². The zero-order valence-corrected chi connectivity index (χ0v) is 54.9. The van der Waals surface area contributed by atoms with Gasteiger partial charge in [0, 0.05) is 148 Å². The van der Waals surface area contributed by atoms with E-state index in [0.29, 0.717) is 74.4 Å². The molecule has 9 aromatic rings. The van der Waals surface area contributed by atoms with Crippen LogP contribution in [-0.4, -0.2) is 186 Å². The second kappa shape index (κ2) is 26.5. The standard InChI is InChI=1S/C24H25F3N4O3S.C22H25N5O3S.C22H23N3O2S/c1-29-8-6-17(7-9-29)21-16-31(22-4-2-18(14-20(21)22)24(25,26)27)35(32,33)19-3-5-23(28-15-19)30-10-12-34-13-11-30;1-25-9-6-17(7-10-25)20-16-27(22-19(20)3-2-8-23-22)31(28,29)18-4-5-21(24-15-18)26-11-13-30-14-12-26;1-24-12-9-16(10-13-24)20-15-25(22-5-3-2-4-19(20)22)28(26,27)18-6-7-21-17(14-18)8-11-23-21/h2-6,14-16H,7-13H2,1H3;2-6,8,15-16H,7,9-14H2,1H3;2-7,9,14-15,23H,8,10-13H2,1H3. The number of halogens is 3. The first kappa shape index (κ1) is 64.5. The zero-order chi connectivity index (χ0) is 65.5. The van der Waals surface area contributed by atoms with Gasteiger partial charge in [-0.1, -0.05) is 36.4 Å². The summed E-state index contributed by atoms with van der Waals surface area (Å²) in [6, 6.07) is 26.6. The minimum absolute atomic E-state index is 0.0322. The van der Waals surface area contributed by atoms with Gasteiger partial charge in [-0.15, -0.1) is 0 Å². The van der Waals surface area contributed by atoms with Gasteiger partial charge in [0.2, 0.25) is 0 Å². The summed E-state index contributed by atoms with van der Waals surface area (Å²) < 4.78 is 136. The van der Waals surface area contributed by atoms with Gasteiger partial charge in [0.1, 0.15) is 21.4 Å². The van der Waals surface area contributed by atoms with Gasteiger partial charge in [-0.25, -0.2) is 52.1 Å². The first-order valence-corrected chi connectivity index (χ1v) is 35.7. The molecular formula is C68H73F3N12O8S3. The topological polar surface area (TPSA) is 203 Å². The maximum Gasteiger partial charge on any atom is 0.416 e. The van der Waals surface area contributed by atoms with E-state index in [2.05, 4.69) is 66.1 Å². The number of nitrogens with one attached hydrogen (secondary N) is 1. The number of benzene rings is 3. The fraction of sp³-hybridized carbons (Fsp3) is 0.338. The molecule has 3 aromatic carbocycles. The van der Waals surface area contributed by atoms with Gasteiger partial charge in [0.15, 0.2) is 5.65 Å². The van der Waals surface area contributed by atoms with Gasteiger partial charge in [-0.05, 0) is 148 Å². The molecule has 0 unspecified atom stereocenters. The molecule has 6 aromatic heterocycles. The van der Waals surface area contributed by atoms with E-state index < -0.39 is 41.8 Å². The number of nitrogens with zero attached hydrogens (tertiary/aromatic N) is 11. The molecule has 0 atom stereocenters. The predicted molar refractivity (Wildman–Crippen MR) is 360 cm³/mol. The Labute approximate surface area is 545 Å². The number of likely N-dealkylation sites (N-methyl/N-ethyl adjacent to an activating group) is 3. The number of hydrogen-bond donors (Lipinski definition) is 1. The fourth-order valence-electron chi connectivity index (χ4n) is 12.7. The van der Waals surface area contributed by atoms with E-state index in [9.17, 15) is 38.4 Å². The number of anilines is 3. The number of pyridine rings is 3. The number of aromatic nitrogens is 6. The van der Waals surface area contributed by atoms with Crippen molar-refractivity contribution in [3.63, 3.8) is 0 Å². The molecule has 94 heavy (non-hydrogen) atoms. The Morgan fingerprint density at radius 2 is 0.957 bits per heavy atom. The third-order valence-corrected chi connectivity index (χ3v) is 23.1. The van der Waals surface area contributed by atoms with Crippen LogP contribution in [0.4, 0.5) is 30.5 Å². The molecule has 0 bridgehead atoms. The largest absolute Gasteiger partial charge is 0.416 e. The molecule has 0 spiro atoms. The van der Waals surface area contributed by atoms with E-state index in [0.717, 1.165) is 143 Å². The minimum Gasteiger partial charge on any atom is -0.384 e. The maximum absolute atomic E-state index is 13.6. The summed E-state index contributed by atoms with van der Waals surface area (Å²) >= 11 is 0. The third kappa shape index (κ3) is 13.0. The van der Waals surface area contributed by atoms with E-state index in [1.54, 1.807) is 36.7 Å². The molecule has 0 radical (unpaired) electrons. The minimum atomic E-state index is -4.53. The van der Waals surface area contributed by atoms with Crippen LogP contribution in [0, 0.1) is 0 Å². The summed E-state index contributed by atoms with van der Waals surface area (Å²) in [5, 5.41) is 5.38. The van der Waals surface area contributed by atoms with Crippen LogP contribution in [0.25, 0.3) is 49.6 Å². The van der Waals surface area contributed by atoms with Crippen LogP contribution in [0.5, 0.6) is 0 Å². The zero-order valence-electron chi connectivity index (χ0n) is 52.4. The van der Waals surface area contributed by atoms with Crippen molar-refractivity contribution in [2.75, 3.05) is 135 Å². The molecule has 26 heteroatoms. The Morgan fingerprint density at radius 1 is 0.479 bits per heavy atom. The Balaban J connectivity index is 0.000000129. The molecule has 20 nitrogen and oxygen atoms in total. The third-order valence-electron chi connectivity index (χ3n) is 18.2. The van der Waals surface area contributed by atoms with Gasteiger partial charge in [-0.3, -0.25) is 0 Å². The van der Waals surface area contributed by atoms with Crippen molar-refractivity contribution in [1.82, 2.24) is 41.6 Å². The van der Waals surface area contributed by atoms with Crippen molar-refractivity contribution in [1.29, 1.82) is 0 Å². The molecule has 492 valence electrons. The van der Waals surface area contributed by atoms with Crippen LogP contribution in [0.1, 0.15) is 47.1 Å². The maximum atomic E-state index is 13.6. The summed E-state index contributed by atoms with van der Waals surface area (Å²) in [5.41, 5.74) is 8.33. The van der Waals surface area contributed by atoms with E-state index in [1.807, 2.05) is 72.8 Å². The highest BCUT2D eigenvalue weighted by molar-refractivity contribution is 7.90. The lowest BCUT2D eigenvalue weighted by Gasteiger charge is -2.27. The Morgan fingerprint density at radius 3 is 1.48 bits per heavy atom. The average molecular weight is 1340 g/mol. The van der Waals surface area contributed by atoms with Gasteiger partial charge in [0.05, 0.1) is 47.9 Å². The molecule has 15 rings (SSSR count). The number of para-hydroxylation sites is 1. The quantitative estimate of drug-likeness (QED) is 0.128. The molecule has 6 aliphatic heterocycles. The Hall–Kier alpha value is -8.21. The Bertz CT molecular complexity index is 4770. The lowest BCUT2D eigenvalue weighted by molar-refractivity contribution is -0.137. The molecule has 6 aliphatic rings. The monoisotopic (exact) mass is 1340 g/mol. The normalized spacial score (nSPS) is 18.0. The molecule has 2 saturated heterocycles. The highest BCUT2D eigenvalue weighted by atomic mass is 32.2. The number of rotatable bonds is 11. The van der Waals surface area contributed by atoms with E-state index >= 15 is 0 Å². The van der Waals surface area contributed by atoms with E-state index in [4.69, 9.17) is 9.47 Å². The van der Waals surface area contributed by atoms with Crippen molar-refractivity contribution < 1.29 is 47.9 Å². The van der Waals surface area contributed by atoms with Gasteiger partial charge in [-0.2, -0.15) is 13.2 Å². The summed E-state index contributed by atoms with van der Waals surface area (Å²) in [7, 11) is -5.46. The summed E-state index contributed by atoms with van der Waals surface area (Å²) in [5.74, 6) is 1.41. The van der Waals surface area contributed by atoms with Gasteiger partial charge < -0.3 is 39.3 Å². The SMILES string of the molecule is CN1CC=C(c2cn(S(=O)(=O)c3ccc(N4CCOCC4)nc3)c3ccc(C(F)(F)F)cc23)CC1.CN1CC=C(c2cn(S(=O)(=O)c3ccc(N4CCOCC4)nc3)c3ncccc23)CC1.CN1CC=C(c2cn(S(=O)(=O)c3ccc4c(c3)CCN4)c3ccccc23)CC1. The van der Waals surface area contributed by atoms with Crippen LogP contribution in [0.2, 0.25) is 0 Å². The first-order valence-electron chi connectivity index (χ1n) is 31.4. The summed E-state index contributed by atoms with van der Waals surface area (Å²) in [4.78, 5) is 24.3. The van der Waals surface area contributed by atoms with Gasteiger partial charge >= 0.3 is 6.18 Å². The predicted octanol–water partition coefficient (Wildman–Crippen LogP) is 9.64. The molecule has 0 amide bonds. The number of fused-ring (bicyclic) bond motifs is 4. The molecule has 2 fully saturated rings. The smallest absolute Gasteiger partial charge is 0.384 e. The molecule has 12 heterocycles. The lowest BCUT2D eigenvalue weighted by Crippen LogP contribution is -2.36. The number of ether oxygens (including phenoxy) is 2. The highest BCUT2D eigenvalue weighted by Gasteiger charge is 2.34. The van der Waals surface area contributed by atoms with Crippen LogP contribution in [0.3, 0.4) is 0 Å². The van der Waals surface area contributed by atoms with Crippen molar-refractivity contribution in [3.05, 3.63) is 180 Å². The second-order valence-electron chi connectivity index (χ2n) is 24.3. The first-order chi connectivity index (χ1) is 45.2. The van der Waals surface area contributed by atoms with Crippen molar-refractivity contribution in [3.8, 4) is 0 Å². The summed E-state index contributed by atoms with van der Waals surface area (Å²) in [6.45, 7) is 11.2. The lowest BCUT2D eigenvalue weighted by atomic mass is 9.98. The molecule has 0 aliphatic carbocycles. The number of hydrogen-bond acceptors (Lipinski definition) is 17.